The Hall–Kier alpha value is -0.280. The Balaban J connectivity index is 2.16. The van der Waals surface area contributed by atoms with Crippen LogP contribution >= 0.6 is 23.4 Å². The SMILES string of the molecule is CC(C)c1c(Cl)ncnc1SC1CCCCC1. The molecule has 0 aromatic carbocycles. The Morgan fingerprint density at radius 1 is 1.24 bits per heavy atom. The normalized spacial score (nSPS) is 17.6. The van der Waals surface area contributed by atoms with Crippen molar-refractivity contribution in [2.24, 2.45) is 0 Å². The quantitative estimate of drug-likeness (QED) is 0.746. The second-order valence-corrected chi connectivity index (χ2v) is 6.56. The molecule has 0 N–H and O–H groups in total. The molecule has 94 valence electrons. The average molecular weight is 271 g/mol. The summed E-state index contributed by atoms with van der Waals surface area (Å²) < 4.78 is 0. The van der Waals surface area contributed by atoms with Crippen molar-refractivity contribution in [3.05, 3.63) is 17.0 Å². The molecule has 1 saturated carbocycles. The molecule has 1 fully saturated rings. The highest BCUT2D eigenvalue weighted by Gasteiger charge is 2.20. The highest BCUT2D eigenvalue weighted by Crippen LogP contribution is 2.37. The van der Waals surface area contributed by atoms with Gasteiger partial charge in [0.15, 0.2) is 0 Å². The van der Waals surface area contributed by atoms with Crippen LogP contribution in [-0.4, -0.2) is 15.2 Å². The lowest BCUT2D eigenvalue weighted by Crippen LogP contribution is -2.09. The highest BCUT2D eigenvalue weighted by molar-refractivity contribution is 7.99. The molecule has 1 aliphatic carbocycles. The predicted molar refractivity (Wildman–Crippen MR) is 73.9 cm³/mol. The third kappa shape index (κ3) is 3.35. The molecule has 0 atom stereocenters. The van der Waals surface area contributed by atoms with E-state index in [4.69, 9.17) is 11.6 Å². The Morgan fingerprint density at radius 2 is 1.94 bits per heavy atom. The Labute approximate surface area is 113 Å². The Morgan fingerprint density at radius 3 is 2.59 bits per heavy atom. The van der Waals surface area contributed by atoms with Crippen LogP contribution in [0.2, 0.25) is 5.15 Å². The molecule has 0 unspecified atom stereocenters. The second kappa shape index (κ2) is 6.05. The van der Waals surface area contributed by atoms with Crippen molar-refractivity contribution in [3.63, 3.8) is 0 Å². The largest absolute Gasteiger partial charge is 0.230 e. The van der Waals surface area contributed by atoms with Crippen molar-refractivity contribution in [3.8, 4) is 0 Å². The summed E-state index contributed by atoms with van der Waals surface area (Å²) in [6, 6.07) is 0. The van der Waals surface area contributed by atoms with Crippen LogP contribution in [0, 0.1) is 0 Å². The van der Waals surface area contributed by atoms with E-state index in [-0.39, 0.29) is 0 Å². The number of nitrogens with zero attached hydrogens (tertiary/aromatic N) is 2. The van der Waals surface area contributed by atoms with Gasteiger partial charge < -0.3 is 0 Å². The Kier molecular flexibility index (Phi) is 4.69. The molecule has 4 heteroatoms. The molecule has 1 aromatic heterocycles. The van der Waals surface area contributed by atoms with E-state index in [9.17, 15) is 0 Å². The second-order valence-electron chi connectivity index (χ2n) is 4.92. The monoisotopic (exact) mass is 270 g/mol. The van der Waals surface area contributed by atoms with Gasteiger partial charge in [-0.3, -0.25) is 0 Å². The van der Waals surface area contributed by atoms with E-state index in [0.29, 0.717) is 16.3 Å². The van der Waals surface area contributed by atoms with Gasteiger partial charge in [-0.2, -0.15) is 0 Å². The van der Waals surface area contributed by atoms with E-state index in [1.165, 1.54) is 32.1 Å². The van der Waals surface area contributed by atoms with E-state index in [0.717, 1.165) is 10.6 Å². The van der Waals surface area contributed by atoms with Crippen LogP contribution in [0.3, 0.4) is 0 Å². The highest BCUT2D eigenvalue weighted by atomic mass is 35.5. The molecule has 1 aliphatic rings. The number of thioether (sulfide) groups is 1. The van der Waals surface area contributed by atoms with E-state index < -0.39 is 0 Å². The minimum atomic E-state index is 0.384. The van der Waals surface area contributed by atoms with Gasteiger partial charge in [0.05, 0.1) is 0 Å². The molecule has 0 aliphatic heterocycles. The fourth-order valence-corrected chi connectivity index (χ4v) is 4.14. The summed E-state index contributed by atoms with van der Waals surface area (Å²) in [6.45, 7) is 4.30. The molecular formula is C13H19ClN2S. The molecule has 0 saturated heterocycles. The molecule has 0 spiro atoms. The number of hydrogen-bond donors (Lipinski definition) is 0. The van der Waals surface area contributed by atoms with E-state index in [1.807, 2.05) is 11.8 Å². The molecular weight excluding hydrogens is 252 g/mol. The lowest BCUT2D eigenvalue weighted by molar-refractivity contribution is 0.515. The van der Waals surface area contributed by atoms with Gasteiger partial charge in [-0.15, -0.1) is 11.8 Å². The zero-order chi connectivity index (χ0) is 12.3. The maximum atomic E-state index is 6.18. The summed E-state index contributed by atoms with van der Waals surface area (Å²) >= 11 is 8.08. The minimum Gasteiger partial charge on any atom is -0.230 e. The third-order valence-corrected chi connectivity index (χ3v) is 4.86. The van der Waals surface area contributed by atoms with Crippen LogP contribution in [0.4, 0.5) is 0 Å². The van der Waals surface area contributed by atoms with Gasteiger partial charge in [-0.05, 0) is 18.8 Å². The van der Waals surface area contributed by atoms with Crippen LogP contribution in [0.5, 0.6) is 0 Å². The minimum absolute atomic E-state index is 0.384. The predicted octanol–water partition coefficient (Wildman–Crippen LogP) is 4.68. The molecule has 1 aromatic rings. The number of rotatable bonds is 3. The van der Waals surface area contributed by atoms with Gasteiger partial charge in [-0.1, -0.05) is 44.7 Å². The summed E-state index contributed by atoms with van der Waals surface area (Å²) in [5.74, 6) is 0.384. The van der Waals surface area contributed by atoms with Gasteiger partial charge in [0, 0.05) is 10.8 Å². The number of hydrogen-bond acceptors (Lipinski definition) is 3. The number of halogens is 1. The molecule has 17 heavy (non-hydrogen) atoms. The maximum absolute atomic E-state index is 6.18. The summed E-state index contributed by atoms with van der Waals surface area (Å²) in [6.07, 6.45) is 8.30. The van der Waals surface area contributed by atoms with Crippen molar-refractivity contribution < 1.29 is 0 Å². The summed E-state index contributed by atoms with van der Waals surface area (Å²) in [5.41, 5.74) is 1.12. The fraction of sp³-hybridized carbons (Fsp3) is 0.692. The molecule has 0 amide bonds. The van der Waals surface area contributed by atoms with Gasteiger partial charge in [0.1, 0.15) is 16.5 Å². The smallest absolute Gasteiger partial charge is 0.137 e. The van der Waals surface area contributed by atoms with Crippen molar-refractivity contribution in [1.29, 1.82) is 0 Å². The Bertz CT molecular complexity index is 376. The third-order valence-electron chi connectivity index (χ3n) is 3.21. The van der Waals surface area contributed by atoms with Crippen molar-refractivity contribution >= 4 is 23.4 Å². The van der Waals surface area contributed by atoms with Gasteiger partial charge in [-0.25, -0.2) is 9.97 Å². The van der Waals surface area contributed by atoms with Crippen LogP contribution < -0.4 is 0 Å². The summed E-state index contributed by atoms with van der Waals surface area (Å²) in [4.78, 5) is 8.52. The fourth-order valence-electron chi connectivity index (χ4n) is 2.28. The average Bonchev–Trinajstić information content (AvgIpc) is 2.30. The van der Waals surface area contributed by atoms with Crippen molar-refractivity contribution in [1.82, 2.24) is 9.97 Å². The standard InChI is InChI=1S/C13H19ClN2S/c1-9(2)11-12(14)15-8-16-13(11)17-10-6-4-3-5-7-10/h8-10H,3-7H2,1-2H3. The molecule has 1 heterocycles. The van der Waals surface area contributed by atoms with Crippen molar-refractivity contribution in [2.75, 3.05) is 0 Å². The first-order valence-electron chi connectivity index (χ1n) is 6.35. The molecule has 2 nitrogen and oxygen atoms in total. The van der Waals surface area contributed by atoms with E-state index >= 15 is 0 Å². The topological polar surface area (TPSA) is 25.8 Å². The first-order valence-corrected chi connectivity index (χ1v) is 7.61. The first kappa shape index (κ1) is 13.2. The molecule has 0 radical (unpaired) electrons. The lowest BCUT2D eigenvalue weighted by Gasteiger charge is -2.22. The maximum Gasteiger partial charge on any atom is 0.137 e. The molecule has 0 bridgehead atoms. The molecule has 2 rings (SSSR count). The van der Waals surface area contributed by atoms with Gasteiger partial charge in [0.25, 0.3) is 0 Å². The van der Waals surface area contributed by atoms with Gasteiger partial charge in [0.2, 0.25) is 0 Å². The summed E-state index contributed by atoms with van der Waals surface area (Å²) in [5, 5.41) is 2.42. The van der Waals surface area contributed by atoms with Crippen LogP contribution in [0.25, 0.3) is 0 Å². The van der Waals surface area contributed by atoms with Crippen LogP contribution in [-0.2, 0) is 0 Å². The van der Waals surface area contributed by atoms with E-state index in [2.05, 4.69) is 23.8 Å². The number of aromatic nitrogens is 2. The zero-order valence-electron chi connectivity index (χ0n) is 10.4. The lowest BCUT2D eigenvalue weighted by atomic mass is 10.0. The summed E-state index contributed by atoms with van der Waals surface area (Å²) in [7, 11) is 0. The zero-order valence-corrected chi connectivity index (χ0v) is 12.0. The first-order chi connectivity index (χ1) is 8.18. The van der Waals surface area contributed by atoms with Crippen molar-refractivity contribution in [2.45, 2.75) is 62.1 Å². The van der Waals surface area contributed by atoms with Crippen LogP contribution in [0.15, 0.2) is 11.4 Å². The van der Waals surface area contributed by atoms with Crippen LogP contribution in [0.1, 0.15) is 57.4 Å². The van der Waals surface area contributed by atoms with Gasteiger partial charge >= 0.3 is 0 Å². The van der Waals surface area contributed by atoms with E-state index in [1.54, 1.807) is 6.33 Å².